The Kier molecular flexibility index (Phi) is 6.25. The highest BCUT2D eigenvalue weighted by atomic mass is 16.5. The molecule has 0 aliphatic heterocycles. The van der Waals surface area contributed by atoms with Crippen molar-refractivity contribution in [1.29, 1.82) is 0 Å². The van der Waals surface area contributed by atoms with Crippen LogP contribution >= 0.6 is 0 Å². The summed E-state index contributed by atoms with van der Waals surface area (Å²) >= 11 is 0. The van der Waals surface area contributed by atoms with E-state index in [0.29, 0.717) is 18.4 Å². The smallest absolute Gasteiger partial charge is 0.232 e. The molecule has 94 valence electrons. The van der Waals surface area contributed by atoms with Crippen LogP contribution in [-0.4, -0.2) is 23.1 Å². The van der Waals surface area contributed by atoms with E-state index in [1.54, 1.807) is 12.4 Å². The number of nitrogens with zero attached hydrogens (tertiary/aromatic N) is 2. The molecular weight excluding hydrogens is 214 g/mol. The molecule has 0 atom stereocenters. The molecule has 1 aromatic heterocycles. The molecule has 0 saturated carbocycles. The first-order valence-corrected chi connectivity index (χ1v) is 5.97. The molecule has 0 spiro atoms. The van der Waals surface area contributed by atoms with Crippen LogP contribution in [-0.2, 0) is 6.54 Å². The molecule has 1 rings (SSSR count). The number of rotatable bonds is 8. The summed E-state index contributed by atoms with van der Waals surface area (Å²) in [6.07, 6.45) is 6.04. The monoisotopic (exact) mass is 235 g/mol. The zero-order chi connectivity index (χ0) is 12.5. The number of aromatic nitrogens is 2. The fourth-order valence-corrected chi connectivity index (χ4v) is 1.24. The van der Waals surface area contributed by atoms with Crippen molar-refractivity contribution >= 4 is 0 Å². The second-order valence-corrected chi connectivity index (χ2v) is 4.30. The third kappa shape index (κ3) is 6.02. The molecule has 1 aromatic rings. The number of hydrogen-bond donors (Lipinski definition) is 1. The lowest BCUT2D eigenvalue weighted by molar-refractivity contribution is 0.310. The van der Waals surface area contributed by atoms with Crippen LogP contribution < -0.4 is 10.1 Å². The summed E-state index contributed by atoms with van der Waals surface area (Å²) in [5, 5.41) is 3.32. The van der Waals surface area contributed by atoms with E-state index in [0.717, 1.165) is 25.2 Å². The molecular formula is C13H21N3O. The molecule has 0 aliphatic carbocycles. The first kappa shape index (κ1) is 13.6. The first-order chi connectivity index (χ1) is 8.22. The van der Waals surface area contributed by atoms with Gasteiger partial charge >= 0.3 is 0 Å². The normalized spacial score (nSPS) is 10.5. The van der Waals surface area contributed by atoms with E-state index in [1.807, 2.05) is 6.08 Å². The predicted molar refractivity (Wildman–Crippen MR) is 68.9 cm³/mol. The van der Waals surface area contributed by atoms with Crippen LogP contribution in [0.3, 0.4) is 0 Å². The number of hydrogen-bond acceptors (Lipinski definition) is 4. The Morgan fingerprint density at radius 2 is 2.24 bits per heavy atom. The lowest BCUT2D eigenvalue weighted by atomic mass is 10.2. The second-order valence-electron chi connectivity index (χ2n) is 4.30. The Labute approximate surface area is 103 Å². The van der Waals surface area contributed by atoms with Crippen LogP contribution in [0.2, 0.25) is 0 Å². The van der Waals surface area contributed by atoms with Gasteiger partial charge in [-0.05, 0) is 18.9 Å². The highest BCUT2D eigenvalue weighted by Gasteiger charge is 1.99. The Morgan fingerprint density at radius 3 is 2.82 bits per heavy atom. The van der Waals surface area contributed by atoms with Crippen LogP contribution in [0, 0.1) is 5.92 Å². The summed E-state index contributed by atoms with van der Waals surface area (Å²) in [6.45, 7) is 10.3. The minimum absolute atomic E-state index is 0.569. The summed E-state index contributed by atoms with van der Waals surface area (Å²) in [5.41, 5.74) is 0.932. The van der Waals surface area contributed by atoms with Crippen molar-refractivity contribution in [3.63, 3.8) is 0 Å². The van der Waals surface area contributed by atoms with Gasteiger partial charge in [0, 0.05) is 6.54 Å². The van der Waals surface area contributed by atoms with Gasteiger partial charge in [0.25, 0.3) is 0 Å². The maximum atomic E-state index is 5.38. The van der Waals surface area contributed by atoms with E-state index in [-0.39, 0.29) is 0 Å². The zero-order valence-electron chi connectivity index (χ0n) is 10.6. The standard InChI is InChI=1S/C13H21N3O/c1-4-5-6-17-13-10-15-12(9-16-13)8-14-7-11(2)3/h4,9-11,14H,1,5-8H2,2-3H3. The molecule has 4 heteroatoms. The Morgan fingerprint density at radius 1 is 1.41 bits per heavy atom. The summed E-state index contributed by atoms with van der Waals surface area (Å²) in [4.78, 5) is 8.47. The van der Waals surface area contributed by atoms with Gasteiger partial charge in [-0.25, -0.2) is 4.98 Å². The zero-order valence-corrected chi connectivity index (χ0v) is 10.6. The van der Waals surface area contributed by atoms with Gasteiger partial charge in [-0.15, -0.1) is 6.58 Å². The summed E-state index contributed by atoms with van der Waals surface area (Å²) < 4.78 is 5.38. The van der Waals surface area contributed by atoms with Gasteiger partial charge in [0.2, 0.25) is 5.88 Å². The van der Waals surface area contributed by atoms with E-state index < -0.39 is 0 Å². The van der Waals surface area contributed by atoms with Crippen molar-refractivity contribution < 1.29 is 4.74 Å². The molecule has 0 fully saturated rings. The van der Waals surface area contributed by atoms with Gasteiger partial charge in [-0.3, -0.25) is 4.98 Å². The average molecular weight is 235 g/mol. The minimum atomic E-state index is 0.569. The topological polar surface area (TPSA) is 47.0 Å². The quantitative estimate of drug-likeness (QED) is 0.554. The maximum absolute atomic E-state index is 5.38. The third-order valence-corrected chi connectivity index (χ3v) is 2.11. The molecule has 17 heavy (non-hydrogen) atoms. The van der Waals surface area contributed by atoms with Crippen molar-refractivity contribution in [2.75, 3.05) is 13.2 Å². The lowest BCUT2D eigenvalue weighted by Gasteiger charge is -2.07. The molecule has 4 nitrogen and oxygen atoms in total. The maximum Gasteiger partial charge on any atom is 0.232 e. The SMILES string of the molecule is C=CCCOc1cnc(CNCC(C)C)cn1. The van der Waals surface area contributed by atoms with Crippen LogP contribution in [0.4, 0.5) is 0 Å². The minimum Gasteiger partial charge on any atom is -0.476 e. The van der Waals surface area contributed by atoms with Gasteiger partial charge in [-0.2, -0.15) is 0 Å². The molecule has 0 bridgehead atoms. The first-order valence-electron chi connectivity index (χ1n) is 5.97. The molecule has 0 radical (unpaired) electrons. The van der Waals surface area contributed by atoms with E-state index in [2.05, 4.69) is 35.7 Å². The molecule has 0 unspecified atom stereocenters. The van der Waals surface area contributed by atoms with Crippen molar-refractivity contribution in [1.82, 2.24) is 15.3 Å². The molecule has 0 aliphatic rings. The van der Waals surface area contributed by atoms with E-state index in [9.17, 15) is 0 Å². The highest BCUT2D eigenvalue weighted by Crippen LogP contribution is 2.04. The molecule has 0 aromatic carbocycles. The number of ether oxygens (including phenoxy) is 1. The van der Waals surface area contributed by atoms with Crippen molar-refractivity contribution in [2.24, 2.45) is 5.92 Å². The van der Waals surface area contributed by atoms with Gasteiger partial charge in [0.1, 0.15) is 0 Å². The second kappa shape index (κ2) is 7.79. The van der Waals surface area contributed by atoms with E-state index >= 15 is 0 Å². The van der Waals surface area contributed by atoms with Crippen LogP contribution in [0.1, 0.15) is 26.0 Å². The summed E-state index contributed by atoms with van der Waals surface area (Å²) in [6, 6.07) is 0. The van der Waals surface area contributed by atoms with Crippen LogP contribution in [0.25, 0.3) is 0 Å². The Balaban J connectivity index is 2.31. The summed E-state index contributed by atoms with van der Waals surface area (Å²) in [5.74, 6) is 1.21. The molecule has 0 saturated heterocycles. The molecule has 1 N–H and O–H groups in total. The summed E-state index contributed by atoms with van der Waals surface area (Å²) in [7, 11) is 0. The largest absolute Gasteiger partial charge is 0.476 e. The van der Waals surface area contributed by atoms with Gasteiger partial charge < -0.3 is 10.1 Å². The van der Waals surface area contributed by atoms with E-state index in [4.69, 9.17) is 4.74 Å². The van der Waals surface area contributed by atoms with Gasteiger partial charge in [0.15, 0.2) is 0 Å². The molecule has 1 heterocycles. The van der Waals surface area contributed by atoms with Crippen LogP contribution in [0.15, 0.2) is 25.0 Å². The Bertz CT molecular complexity index is 322. The highest BCUT2D eigenvalue weighted by molar-refractivity contribution is 5.07. The Hall–Kier alpha value is -1.42. The van der Waals surface area contributed by atoms with Crippen molar-refractivity contribution in [3.8, 4) is 5.88 Å². The lowest BCUT2D eigenvalue weighted by Crippen LogP contribution is -2.19. The van der Waals surface area contributed by atoms with Crippen molar-refractivity contribution in [3.05, 3.63) is 30.7 Å². The van der Waals surface area contributed by atoms with Crippen LogP contribution in [0.5, 0.6) is 5.88 Å². The average Bonchev–Trinajstić information content (AvgIpc) is 2.31. The van der Waals surface area contributed by atoms with Crippen molar-refractivity contribution in [2.45, 2.75) is 26.8 Å². The molecule has 0 amide bonds. The third-order valence-electron chi connectivity index (χ3n) is 2.11. The number of nitrogens with one attached hydrogen (secondary N) is 1. The van der Waals surface area contributed by atoms with Gasteiger partial charge in [0.05, 0.1) is 24.7 Å². The fraction of sp³-hybridized carbons (Fsp3) is 0.538. The van der Waals surface area contributed by atoms with E-state index in [1.165, 1.54) is 0 Å². The van der Waals surface area contributed by atoms with Gasteiger partial charge in [-0.1, -0.05) is 19.9 Å². The fourth-order valence-electron chi connectivity index (χ4n) is 1.24. The predicted octanol–water partition coefficient (Wildman–Crippen LogP) is 2.18.